The molecule has 7 heteroatoms. The van der Waals surface area contributed by atoms with Crippen LogP contribution in [-0.2, 0) is 0 Å². The van der Waals surface area contributed by atoms with E-state index in [0.717, 1.165) is 16.5 Å². The number of nitrogens with two attached hydrogens (primary N) is 3. The standard InChI is InChI=1S/C15H20N6O/c16-11-5-7-12(8-6-11)19-14-4-2-1-3-13(14)15(17)20-21(18)9-10-22/h1-8,19,22H,9-10,16,18H2,(H2,17,20). The topological polar surface area (TPSA) is 126 Å². The van der Waals surface area contributed by atoms with E-state index in [1.807, 2.05) is 48.5 Å². The van der Waals surface area contributed by atoms with Crippen molar-refractivity contribution in [2.75, 3.05) is 24.2 Å². The first kappa shape index (κ1) is 15.6. The molecule has 0 saturated carbocycles. The molecule has 0 amide bonds. The van der Waals surface area contributed by atoms with Gasteiger partial charge in [-0.1, -0.05) is 12.1 Å². The SMILES string of the molecule is N/C(=N\N(N)CCO)c1ccccc1Nc1ccc(N)cc1. The number of benzene rings is 2. The molecule has 0 aliphatic rings. The van der Waals surface area contributed by atoms with Crippen LogP contribution in [0.4, 0.5) is 17.1 Å². The molecule has 22 heavy (non-hydrogen) atoms. The number of rotatable bonds is 6. The largest absolute Gasteiger partial charge is 0.399 e. The second-order valence-corrected chi connectivity index (χ2v) is 4.66. The first-order chi connectivity index (χ1) is 10.6. The highest BCUT2D eigenvalue weighted by Gasteiger charge is 2.07. The van der Waals surface area contributed by atoms with Crippen LogP contribution in [0.1, 0.15) is 5.56 Å². The number of aliphatic hydroxyl groups excluding tert-OH is 1. The molecule has 2 aromatic rings. The molecule has 2 rings (SSSR count). The Labute approximate surface area is 129 Å². The number of para-hydroxylation sites is 1. The van der Waals surface area contributed by atoms with Crippen molar-refractivity contribution in [1.29, 1.82) is 0 Å². The van der Waals surface area contributed by atoms with E-state index in [1.54, 1.807) is 0 Å². The van der Waals surface area contributed by atoms with Crippen molar-refractivity contribution in [3.8, 4) is 0 Å². The molecule has 0 aliphatic carbocycles. The van der Waals surface area contributed by atoms with Gasteiger partial charge in [0, 0.05) is 22.6 Å². The lowest BCUT2D eigenvalue weighted by Crippen LogP contribution is -2.32. The van der Waals surface area contributed by atoms with Crippen LogP contribution in [0.15, 0.2) is 53.6 Å². The van der Waals surface area contributed by atoms with Gasteiger partial charge in [0.2, 0.25) is 0 Å². The summed E-state index contributed by atoms with van der Waals surface area (Å²) in [6, 6.07) is 14.9. The molecule has 8 N–H and O–H groups in total. The van der Waals surface area contributed by atoms with Gasteiger partial charge >= 0.3 is 0 Å². The summed E-state index contributed by atoms with van der Waals surface area (Å²) in [6.07, 6.45) is 0. The number of nitrogen functional groups attached to an aromatic ring is 1. The number of hydrogen-bond donors (Lipinski definition) is 5. The Kier molecular flexibility index (Phi) is 5.18. The Morgan fingerprint density at radius 1 is 1.14 bits per heavy atom. The van der Waals surface area contributed by atoms with Crippen molar-refractivity contribution in [2.45, 2.75) is 0 Å². The Balaban J connectivity index is 2.24. The van der Waals surface area contributed by atoms with Gasteiger partial charge in [0.15, 0.2) is 5.84 Å². The third kappa shape index (κ3) is 4.11. The van der Waals surface area contributed by atoms with Crippen LogP contribution in [-0.4, -0.2) is 29.2 Å². The second kappa shape index (κ2) is 7.30. The van der Waals surface area contributed by atoms with E-state index in [4.69, 9.17) is 22.4 Å². The molecule has 0 bridgehead atoms. The number of amidine groups is 1. The summed E-state index contributed by atoms with van der Waals surface area (Å²) in [6.45, 7) is 0.104. The average Bonchev–Trinajstić information content (AvgIpc) is 2.50. The van der Waals surface area contributed by atoms with Gasteiger partial charge in [0.1, 0.15) is 0 Å². The zero-order valence-corrected chi connectivity index (χ0v) is 12.1. The van der Waals surface area contributed by atoms with Gasteiger partial charge in [-0.25, -0.2) is 11.0 Å². The normalized spacial score (nSPS) is 11.3. The number of hydrazone groups is 1. The Bertz CT molecular complexity index is 641. The van der Waals surface area contributed by atoms with Gasteiger partial charge in [0.05, 0.1) is 13.2 Å². The zero-order valence-electron chi connectivity index (χ0n) is 12.1. The third-order valence-electron chi connectivity index (χ3n) is 2.96. The summed E-state index contributed by atoms with van der Waals surface area (Å²) in [5.41, 5.74) is 14.8. The quantitative estimate of drug-likeness (QED) is 0.177. The van der Waals surface area contributed by atoms with E-state index < -0.39 is 0 Å². The Morgan fingerprint density at radius 3 is 2.50 bits per heavy atom. The monoisotopic (exact) mass is 300 g/mol. The number of nitrogens with one attached hydrogen (secondary N) is 1. The van der Waals surface area contributed by atoms with Crippen LogP contribution >= 0.6 is 0 Å². The molecule has 0 aliphatic heterocycles. The van der Waals surface area contributed by atoms with Crippen LogP contribution in [0.5, 0.6) is 0 Å². The van der Waals surface area contributed by atoms with Gasteiger partial charge in [-0.15, -0.1) is 5.10 Å². The first-order valence-corrected chi connectivity index (χ1v) is 6.79. The molecule has 116 valence electrons. The Morgan fingerprint density at radius 2 is 1.82 bits per heavy atom. The van der Waals surface area contributed by atoms with Gasteiger partial charge in [0.25, 0.3) is 0 Å². The summed E-state index contributed by atoms with van der Waals surface area (Å²) in [4.78, 5) is 0. The molecule has 0 radical (unpaired) electrons. The summed E-state index contributed by atoms with van der Waals surface area (Å²) in [5.74, 6) is 5.87. The maximum atomic E-state index is 8.84. The maximum Gasteiger partial charge on any atom is 0.154 e. The molecular formula is C15H20N6O. The molecule has 0 fully saturated rings. The summed E-state index contributed by atoms with van der Waals surface area (Å²) in [5, 5.41) is 17.2. The van der Waals surface area contributed by atoms with E-state index in [1.165, 1.54) is 0 Å². The van der Waals surface area contributed by atoms with Crippen LogP contribution < -0.4 is 22.6 Å². The molecule has 7 nitrogen and oxygen atoms in total. The van der Waals surface area contributed by atoms with Gasteiger partial charge in [-0.3, -0.25) is 0 Å². The fourth-order valence-electron chi connectivity index (χ4n) is 1.88. The molecule has 0 unspecified atom stereocenters. The van der Waals surface area contributed by atoms with Crippen LogP contribution in [0.3, 0.4) is 0 Å². The van der Waals surface area contributed by atoms with E-state index in [0.29, 0.717) is 11.3 Å². The lowest BCUT2D eigenvalue weighted by atomic mass is 10.1. The van der Waals surface area contributed by atoms with Crippen molar-refractivity contribution < 1.29 is 5.11 Å². The number of anilines is 3. The molecule has 0 aromatic heterocycles. The van der Waals surface area contributed by atoms with Crippen LogP contribution in [0.2, 0.25) is 0 Å². The molecule has 0 spiro atoms. The second-order valence-electron chi connectivity index (χ2n) is 4.66. The average molecular weight is 300 g/mol. The lowest BCUT2D eigenvalue weighted by Gasteiger charge is -2.15. The van der Waals surface area contributed by atoms with Gasteiger partial charge < -0.3 is 21.9 Å². The van der Waals surface area contributed by atoms with E-state index >= 15 is 0 Å². The molecule has 0 saturated heterocycles. The van der Waals surface area contributed by atoms with Crippen molar-refractivity contribution in [3.63, 3.8) is 0 Å². The Hall–Kier alpha value is -2.77. The van der Waals surface area contributed by atoms with Crippen molar-refractivity contribution >= 4 is 22.9 Å². The zero-order chi connectivity index (χ0) is 15.9. The smallest absolute Gasteiger partial charge is 0.154 e. The first-order valence-electron chi connectivity index (χ1n) is 6.79. The van der Waals surface area contributed by atoms with Gasteiger partial charge in [-0.2, -0.15) is 0 Å². The number of nitrogens with zero attached hydrogens (tertiary/aromatic N) is 2. The van der Waals surface area contributed by atoms with Gasteiger partial charge in [-0.05, 0) is 36.4 Å². The number of aliphatic hydroxyl groups is 1. The fourth-order valence-corrected chi connectivity index (χ4v) is 1.88. The molecular weight excluding hydrogens is 280 g/mol. The van der Waals surface area contributed by atoms with Crippen LogP contribution in [0, 0.1) is 0 Å². The van der Waals surface area contributed by atoms with Crippen molar-refractivity contribution in [3.05, 3.63) is 54.1 Å². The number of hydrogen-bond acceptors (Lipinski definition) is 6. The van der Waals surface area contributed by atoms with Crippen molar-refractivity contribution in [1.82, 2.24) is 5.12 Å². The molecule has 0 heterocycles. The number of hydrazine groups is 1. The molecule has 2 aromatic carbocycles. The lowest BCUT2D eigenvalue weighted by molar-refractivity contribution is 0.204. The van der Waals surface area contributed by atoms with E-state index in [9.17, 15) is 0 Å². The minimum absolute atomic E-state index is 0.0986. The summed E-state index contributed by atoms with van der Waals surface area (Å²) in [7, 11) is 0. The molecule has 0 atom stereocenters. The highest BCUT2D eigenvalue weighted by molar-refractivity contribution is 6.02. The van der Waals surface area contributed by atoms with Crippen LogP contribution in [0.25, 0.3) is 0 Å². The minimum Gasteiger partial charge on any atom is -0.399 e. The van der Waals surface area contributed by atoms with E-state index in [-0.39, 0.29) is 19.0 Å². The third-order valence-corrected chi connectivity index (χ3v) is 2.96. The summed E-state index contributed by atoms with van der Waals surface area (Å²) >= 11 is 0. The van der Waals surface area contributed by atoms with E-state index in [2.05, 4.69) is 10.4 Å². The summed E-state index contributed by atoms with van der Waals surface area (Å²) < 4.78 is 0. The maximum absolute atomic E-state index is 8.84. The predicted molar refractivity (Wildman–Crippen MR) is 89.3 cm³/mol. The highest BCUT2D eigenvalue weighted by Crippen LogP contribution is 2.21. The predicted octanol–water partition coefficient (Wildman–Crippen LogP) is 0.801. The minimum atomic E-state index is -0.0986. The van der Waals surface area contributed by atoms with Crippen molar-refractivity contribution in [2.24, 2.45) is 16.7 Å². The fraction of sp³-hybridized carbons (Fsp3) is 0.133. The highest BCUT2D eigenvalue weighted by atomic mass is 16.3.